The molecular formula is C11H14N2O4. The van der Waals surface area contributed by atoms with Gasteiger partial charge in [0, 0.05) is 11.3 Å². The van der Waals surface area contributed by atoms with Crippen molar-refractivity contribution in [2.75, 3.05) is 12.3 Å². The molecule has 0 aliphatic rings. The number of carbonyl (C=O) groups is 2. The number of rotatable bonds is 4. The molecule has 1 amide bonds. The summed E-state index contributed by atoms with van der Waals surface area (Å²) in [5.74, 6) is -1.86. The van der Waals surface area contributed by atoms with Crippen molar-refractivity contribution in [1.29, 1.82) is 0 Å². The van der Waals surface area contributed by atoms with E-state index in [1.54, 1.807) is 19.1 Å². The Morgan fingerprint density at radius 1 is 1.47 bits per heavy atom. The molecule has 6 nitrogen and oxygen atoms in total. The fraction of sp³-hybridized carbons (Fsp3) is 0.273. The molecule has 0 unspecified atom stereocenters. The first-order chi connectivity index (χ1) is 7.97. The molecule has 1 atom stereocenters. The Morgan fingerprint density at radius 3 is 2.65 bits per heavy atom. The van der Waals surface area contributed by atoms with Gasteiger partial charge in [0.1, 0.15) is 0 Å². The van der Waals surface area contributed by atoms with E-state index in [0.717, 1.165) is 0 Å². The standard InChI is InChI=1S/C11H14N2O4/c1-6-7(3-2-4-8(6)12)10(15)13-9(5-14)11(16)17/h2-4,9,14H,5,12H2,1H3,(H,13,15)(H,16,17)/t9-/m1/s1. The van der Waals surface area contributed by atoms with Crippen molar-refractivity contribution >= 4 is 17.6 Å². The lowest BCUT2D eigenvalue weighted by atomic mass is 10.1. The number of hydrogen-bond acceptors (Lipinski definition) is 4. The van der Waals surface area contributed by atoms with E-state index in [9.17, 15) is 9.59 Å². The second kappa shape index (κ2) is 5.31. The fourth-order valence-corrected chi connectivity index (χ4v) is 1.32. The number of aliphatic carboxylic acids is 1. The number of nitrogens with two attached hydrogens (primary N) is 1. The topological polar surface area (TPSA) is 113 Å². The third-order valence-electron chi connectivity index (χ3n) is 2.41. The maximum Gasteiger partial charge on any atom is 0.328 e. The van der Waals surface area contributed by atoms with E-state index in [1.807, 2.05) is 0 Å². The quantitative estimate of drug-likeness (QED) is 0.540. The molecule has 1 aromatic rings. The highest BCUT2D eigenvalue weighted by Gasteiger charge is 2.20. The molecule has 0 fully saturated rings. The van der Waals surface area contributed by atoms with Crippen LogP contribution < -0.4 is 11.1 Å². The van der Waals surface area contributed by atoms with Crippen LogP contribution in [0.2, 0.25) is 0 Å². The Labute approximate surface area is 98.1 Å². The van der Waals surface area contributed by atoms with E-state index in [-0.39, 0.29) is 0 Å². The predicted molar refractivity (Wildman–Crippen MR) is 61.6 cm³/mol. The van der Waals surface area contributed by atoms with Gasteiger partial charge in [-0.1, -0.05) is 6.07 Å². The monoisotopic (exact) mass is 238 g/mol. The zero-order valence-electron chi connectivity index (χ0n) is 9.30. The van der Waals surface area contributed by atoms with Crippen molar-refractivity contribution in [3.8, 4) is 0 Å². The number of amides is 1. The molecule has 0 aliphatic heterocycles. The van der Waals surface area contributed by atoms with Crippen molar-refractivity contribution in [3.63, 3.8) is 0 Å². The summed E-state index contributed by atoms with van der Waals surface area (Å²) in [7, 11) is 0. The number of benzene rings is 1. The highest BCUT2D eigenvalue weighted by Crippen LogP contribution is 2.15. The summed E-state index contributed by atoms with van der Waals surface area (Å²) in [6.07, 6.45) is 0. The molecule has 0 spiro atoms. The molecule has 0 radical (unpaired) electrons. The van der Waals surface area contributed by atoms with Crippen LogP contribution in [0.25, 0.3) is 0 Å². The first-order valence-corrected chi connectivity index (χ1v) is 4.97. The summed E-state index contributed by atoms with van der Waals surface area (Å²) >= 11 is 0. The van der Waals surface area contributed by atoms with Gasteiger partial charge in [0.05, 0.1) is 6.61 Å². The molecule has 0 heterocycles. The normalized spacial score (nSPS) is 11.9. The number of carboxylic acid groups (broad SMARTS) is 1. The van der Waals surface area contributed by atoms with Crippen molar-refractivity contribution in [1.82, 2.24) is 5.32 Å². The zero-order valence-corrected chi connectivity index (χ0v) is 9.30. The van der Waals surface area contributed by atoms with E-state index in [4.69, 9.17) is 15.9 Å². The molecule has 0 aliphatic carbocycles. The first-order valence-electron chi connectivity index (χ1n) is 4.97. The Bertz CT molecular complexity index is 445. The number of nitrogens with one attached hydrogen (secondary N) is 1. The summed E-state index contributed by atoms with van der Waals surface area (Å²) < 4.78 is 0. The van der Waals surface area contributed by atoms with Crippen LogP contribution in [0, 0.1) is 6.92 Å². The molecule has 1 aromatic carbocycles. The van der Waals surface area contributed by atoms with E-state index in [0.29, 0.717) is 16.8 Å². The summed E-state index contributed by atoms with van der Waals surface area (Å²) in [4.78, 5) is 22.4. The minimum Gasteiger partial charge on any atom is -0.480 e. The van der Waals surface area contributed by atoms with Gasteiger partial charge in [0.2, 0.25) is 0 Å². The number of carbonyl (C=O) groups excluding carboxylic acids is 1. The van der Waals surface area contributed by atoms with Crippen molar-refractivity contribution < 1.29 is 19.8 Å². The third kappa shape index (κ3) is 2.94. The number of aliphatic hydroxyl groups is 1. The lowest BCUT2D eigenvalue weighted by molar-refractivity contribution is -0.140. The molecule has 0 aromatic heterocycles. The molecule has 1 rings (SSSR count). The maximum atomic E-state index is 11.8. The Hall–Kier alpha value is -2.08. The summed E-state index contributed by atoms with van der Waals surface area (Å²) in [6.45, 7) is 1.00. The summed E-state index contributed by atoms with van der Waals surface area (Å²) in [5.41, 5.74) is 6.96. The minimum atomic E-state index is -1.32. The van der Waals surface area contributed by atoms with Crippen molar-refractivity contribution in [2.45, 2.75) is 13.0 Å². The van der Waals surface area contributed by atoms with Gasteiger partial charge in [-0.15, -0.1) is 0 Å². The van der Waals surface area contributed by atoms with Gasteiger partial charge in [-0.3, -0.25) is 4.79 Å². The SMILES string of the molecule is Cc1c(N)cccc1C(=O)N[C@H](CO)C(=O)O. The molecular weight excluding hydrogens is 224 g/mol. The molecule has 0 saturated carbocycles. The van der Waals surface area contributed by atoms with Gasteiger partial charge in [0.15, 0.2) is 6.04 Å². The maximum absolute atomic E-state index is 11.8. The highest BCUT2D eigenvalue weighted by atomic mass is 16.4. The van der Waals surface area contributed by atoms with Crippen LogP contribution >= 0.6 is 0 Å². The predicted octanol–water partition coefficient (Wildman–Crippen LogP) is -0.247. The van der Waals surface area contributed by atoms with Gasteiger partial charge in [-0.25, -0.2) is 4.79 Å². The van der Waals surface area contributed by atoms with Crippen LogP contribution in [0.15, 0.2) is 18.2 Å². The van der Waals surface area contributed by atoms with Crippen LogP contribution in [-0.2, 0) is 4.79 Å². The smallest absolute Gasteiger partial charge is 0.328 e. The molecule has 0 saturated heterocycles. The van der Waals surface area contributed by atoms with Crippen molar-refractivity contribution in [3.05, 3.63) is 29.3 Å². The average molecular weight is 238 g/mol. The largest absolute Gasteiger partial charge is 0.480 e. The zero-order chi connectivity index (χ0) is 13.0. The number of nitrogen functional groups attached to an aromatic ring is 1. The summed E-state index contributed by atoms with van der Waals surface area (Å²) in [6, 6.07) is 3.47. The van der Waals surface area contributed by atoms with Crippen molar-refractivity contribution in [2.24, 2.45) is 0 Å². The van der Waals surface area contributed by atoms with E-state index in [2.05, 4.69) is 5.32 Å². The van der Waals surface area contributed by atoms with Crippen LogP contribution in [-0.4, -0.2) is 34.7 Å². The number of hydrogen-bond donors (Lipinski definition) is 4. The lowest BCUT2D eigenvalue weighted by Gasteiger charge is -2.13. The second-order valence-electron chi connectivity index (χ2n) is 3.57. The number of carboxylic acids is 1. The Balaban J connectivity index is 2.90. The van der Waals surface area contributed by atoms with Crippen LogP contribution in [0.5, 0.6) is 0 Å². The van der Waals surface area contributed by atoms with E-state index >= 15 is 0 Å². The molecule has 17 heavy (non-hydrogen) atoms. The van der Waals surface area contributed by atoms with Gasteiger partial charge in [-0.05, 0) is 24.6 Å². The van der Waals surface area contributed by atoms with E-state index in [1.165, 1.54) is 6.07 Å². The fourth-order valence-electron chi connectivity index (χ4n) is 1.32. The molecule has 92 valence electrons. The number of aliphatic hydroxyl groups excluding tert-OH is 1. The molecule has 6 heteroatoms. The van der Waals surface area contributed by atoms with Gasteiger partial charge < -0.3 is 21.3 Å². The number of anilines is 1. The Kier molecular flexibility index (Phi) is 4.06. The van der Waals surface area contributed by atoms with Crippen LogP contribution in [0.1, 0.15) is 15.9 Å². The minimum absolute atomic E-state index is 0.296. The van der Waals surface area contributed by atoms with Crippen LogP contribution in [0.3, 0.4) is 0 Å². The van der Waals surface area contributed by atoms with Gasteiger partial charge in [-0.2, -0.15) is 0 Å². The lowest BCUT2D eigenvalue weighted by Crippen LogP contribution is -2.43. The highest BCUT2D eigenvalue weighted by molar-refractivity contribution is 5.98. The molecule has 5 N–H and O–H groups in total. The molecule has 0 bridgehead atoms. The average Bonchev–Trinajstić information content (AvgIpc) is 2.28. The van der Waals surface area contributed by atoms with Crippen LogP contribution in [0.4, 0.5) is 5.69 Å². The summed E-state index contributed by atoms with van der Waals surface area (Å²) in [5, 5.41) is 19.7. The Morgan fingerprint density at radius 2 is 2.12 bits per heavy atom. The third-order valence-corrected chi connectivity index (χ3v) is 2.41. The van der Waals surface area contributed by atoms with Gasteiger partial charge >= 0.3 is 5.97 Å². The first kappa shape index (κ1) is 13.0. The second-order valence-corrected chi connectivity index (χ2v) is 3.57. The van der Waals surface area contributed by atoms with E-state index < -0.39 is 24.5 Å². The van der Waals surface area contributed by atoms with Gasteiger partial charge in [0.25, 0.3) is 5.91 Å².